The third-order valence-electron chi connectivity index (χ3n) is 3.52. The van der Waals surface area contributed by atoms with Crippen molar-refractivity contribution in [2.45, 2.75) is 13.0 Å². The largest absolute Gasteiger partial charge is 0.459 e. The van der Waals surface area contributed by atoms with E-state index in [2.05, 4.69) is 0 Å². The Morgan fingerprint density at radius 2 is 1.90 bits per heavy atom. The van der Waals surface area contributed by atoms with Crippen LogP contribution in [0.2, 0.25) is 10.0 Å². The first-order chi connectivity index (χ1) is 9.97. The summed E-state index contributed by atoms with van der Waals surface area (Å²) < 4.78 is 19.0. The van der Waals surface area contributed by atoms with Gasteiger partial charge in [0.05, 0.1) is 6.04 Å². The van der Waals surface area contributed by atoms with E-state index < -0.39 is 11.9 Å². The lowest BCUT2D eigenvalue weighted by Crippen LogP contribution is -2.12. The minimum Gasteiger partial charge on any atom is -0.459 e. The Balaban J connectivity index is 2.13. The van der Waals surface area contributed by atoms with Crippen LogP contribution in [0.3, 0.4) is 0 Å². The first-order valence-electron chi connectivity index (χ1n) is 6.36. The van der Waals surface area contributed by atoms with Crippen LogP contribution in [0, 0.1) is 12.7 Å². The molecule has 0 bridgehead atoms. The number of nitrogens with two attached hydrogens (primary N) is 1. The van der Waals surface area contributed by atoms with E-state index in [4.69, 9.17) is 33.4 Å². The molecule has 0 amide bonds. The monoisotopic (exact) mass is 323 g/mol. The Morgan fingerprint density at radius 1 is 1.14 bits per heavy atom. The van der Waals surface area contributed by atoms with Gasteiger partial charge >= 0.3 is 0 Å². The van der Waals surface area contributed by atoms with Crippen molar-refractivity contribution in [1.29, 1.82) is 0 Å². The normalized spacial score (nSPS) is 12.8. The molecule has 0 saturated heterocycles. The molecule has 5 heteroatoms. The van der Waals surface area contributed by atoms with Gasteiger partial charge in [0.1, 0.15) is 17.2 Å². The fraction of sp³-hybridized carbons (Fsp3) is 0.125. The average molecular weight is 324 g/mol. The number of furan rings is 1. The van der Waals surface area contributed by atoms with Gasteiger partial charge in [-0.25, -0.2) is 4.39 Å². The zero-order valence-corrected chi connectivity index (χ0v) is 12.7. The van der Waals surface area contributed by atoms with E-state index in [1.165, 1.54) is 12.1 Å². The highest BCUT2D eigenvalue weighted by Crippen LogP contribution is 2.35. The lowest BCUT2D eigenvalue weighted by atomic mass is 10.0. The van der Waals surface area contributed by atoms with Crippen molar-refractivity contribution in [2.75, 3.05) is 0 Å². The van der Waals surface area contributed by atoms with Crippen molar-refractivity contribution in [3.8, 4) is 0 Å². The topological polar surface area (TPSA) is 39.2 Å². The maximum Gasteiger partial charge on any atom is 0.134 e. The molecule has 3 aromatic rings. The standard InChI is InChI=1S/C16H12Cl2FNO/c1-8-12-6-9(17)2-5-14(12)21-16(8)15(20)11-4-3-10(19)7-13(11)18/h2-7,15H,20H2,1H3. The minimum atomic E-state index is -0.565. The first kappa shape index (κ1) is 14.4. The number of rotatable bonds is 2. The highest BCUT2D eigenvalue weighted by molar-refractivity contribution is 6.31. The van der Waals surface area contributed by atoms with Crippen LogP contribution in [-0.2, 0) is 0 Å². The number of benzene rings is 2. The number of hydrogen-bond donors (Lipinski definition) is 1. The van der Waals surface area contributed by atoms with Gasteiger partial charge < -0.3 is 10.2 Å². The summed E-state index contributed by atoms with van der Waals surface area (Å²) in [7, 11) is 0. The van der Waals surface area contributed by atoms with Gasteiger partial charge in [0.25, 0.3) is 0 Å². The Kier molecular flexibility index (Phi) is 3.66. The number of aryl methyl sites for hydroxylation is 1. The second-order valence-electron chi connectivity index (χ2n) is 4.88. The van der Waals surface area contributed by atoms with E-state index in [-0.39, 0.29) is 5.02 Å². The van der Waals surface area contributed by atoms with Gasteiger partial charge in [-0.05, 0) is 42.8 Å². The summed E-state index contributed by atoms with van der Waals surface area (Å²) in [5.41, 5.74) is 8.47. The molecule has 21 heavy (non-hydrogen) atoms. The number of halogens is 3. The Hall–Kier alpha value is -1.55. The zero-order valence-electron chi connectivity index (χ0n) is 11.2. The molecule has 2 nitrogen and oxygen atoms in total. The van der Waals surface area contributed by atoms with Gasteiger partial charge in [-0.15, -0.1) is 0 Å². The molecule has 3 rings (SSSR count). The molecular formula is C16H12Cl2FNO. The van der Waals surface area contributed by atoms with Gasteiger partial charge in [-0.2, -0.15) is 0 Å². The van der Waals surface area contributed by atoms with Crippen LogP contribution in [0.1, 0.15) is 22.9 Å². The zero-order chi connectivity index (χ0) is 15.1. The summed E-state index contributed by atoms with van der Waals surface area (Å²) in [4.78, 5) is 0. The quantitative estimate of drug-likeness (QED) is 0.700. The van der Waals surface area contributed by atoms with Gasteiger partial charge in [0, 0.05) is 21.0 Å². The SMILES string of the molecule is Cc1c(C(N)c2ccc(F)cc2Cl)oc2ccc(Cl)cc12. The molecule has 0 spiro atoms. The van der Waals surface area contributed by atoms with E-state index >= 15 is 0 Å². The second-order valence-corrected chi connectivity index (χ2v) is 5.72. The molecular weight excluding hydrogens is 312 g/mol. The van der Waals surface area contributed by atoms with E-state index in [9.17, 15) is 4.39 Å². The van der Waals surface area contributed by atoms with Crippen molar-refractivity contribution < 1.29 is 8.81 Å². The predicted molar refractivity (Wildman–Crippen MR) is 83.4 cm³/mol. The minimum absolute atomic E-state index is 0.278. The van der Waals surface area contributed by atoms with Crippen LogP contribution in [0.4, 0.5) is 4.39 Å². The fourth-order valence-electron chi connectivity index (χ4n) is 2.40. The average Bonchev–Trinajstić information content (AvgIpc) is 2.75. The second kappa shape index (κ2) is 5.34. The summed E-state index contributed by atoms with van der Waals surface area (Å²) in [6.45, 7) is 1.91. The fourth-order valence-corrected chi connectivity index (χ4v) is 2.86. The molecule has 108 valence electrons. The summed E-state index contributed by atoms with van der Waals surface area (Å²) >= 11 is 12.1. The van der Waals surface area contributed by atoms with Crippen LogP contribution in [0.25, 0.3) is 11.0 Å². The van der Waals surface area contributed by atoms with E-state index in [1.54, 1.807) is 18.2 Å². The number of hydrogen-bond acceptors (Lipinski definition) is 2. The van der Waals surface area contributed by atoms with E-state index in [0.717, 1.165) is 10.9 Å². The van der Waals surface area contributed by atoms with Crippen LogP contribution >= 0.6 is 23.2 Å². The van der Waals surface area contributed by atoms with Crippen molar-refractivity contribution >= 4 is 34.2 Å². The molecule has 0 radical (unpaired) electrons. The van der Waals surface area contributed by atoms with Crippen LogP contribution in [-0.4, -0.2) is 0 Å². The Labute approximate surface area is 131 Å². The molecule has 0 aliphatic carbocycles. The smallest absolute Gasteiger partial charge is 0.134 e. The van der Waals surface area contributed by atoms with E-state index in [1.807, 2.05) is 13.0 Å². The van der Waals surface area contributed by atoms with Gasteiger partial charge in [-0.3, -0.25) is 0 Å². The van der Waals surface area contributed by atoms with Gasteiger partial charge in [0.2, 0.25) is 0 Å². The molecule has 1 aromatic heterocycles. The predicted octanol–water partition coefficient (Wildman–Crippen LogP) is 5.24. The van der Waals surface area contributed by atoms with Crippen molar-refractivity contribution in [3.63, 3.8) is 0 Å². The molecule has 0 saturated carbocycles. The molecule has 1 unspecified atom stereocenters. The van der Waals surface area contributed by atoms with Crippen LogP contribution < -0.4 is 5.73 Å². The van der Waals surface area contributed by atoms with Crippen LogP contribution in [0.5, 0.6) is 0 Å². The first-order valence-corrected chi connectivity index (χ1v) is 7.12. The summed E-state index contributed by atoms with van der Waals surface area (Å²) in [5.74, 6) is 0.199. The van der Waals surface area contributed by atoms with Crippen LogP contribution in [0.15, 0.2) is 40.8 Å². The number of fused-ring (bicyclic) bond motifs is 1. The molecule has 2 N–H and O–H groups in total. The Morgan fingerprint density at radius 3 is 2.62 bits per heavy atom. The summed E-state index contributed by atoms with van der Waals surface area (Å²) in [6.07, 6.45) is 0. The van der Waals surface area contributed by atoms with E-state index in [0.29, 0.717) is 21.9 Å². The molecule has 1 heterocycles. The lowest BCUT2D eigenvalue weighted by Gasteiger charge is -2.12. The van der Waals surface area contributed by atoms with Gasteiger partial charge in [0.15, 0.2) is 0 Å². The molecule has 2 aromatic carbocycles. The summed E-state index contributed by atoms with van der Waals surface area (Å²) in [5, 5.41) is 1.82. The molecule has 0 fully saturated rings. The van der Waals surface area contributed by atoms with Gasteiger partial charge in [-0.1, -0.05) is 29.3 Å². The summed E-state index contributed by atoms with van der Waals surface area (Å²) in [6, 6.07) is 8.96. The third kappa shape index (κ3) is 2.53. The van der Waals surface area contributed by atoms with Crippen molar-refractivity contribution in [1.82, 2.24) is 0 Å². The molecule has 0 aliphatic rings. The molecule has 0 aliphatic heterocycles. The Bertz CT molecular complexity index is 829. The maximum atomic E-state index is 13.1. The molecule has 1 atom stereocenters. The van der Waals surface area contributed by atoms with Crippen molar-refractivity contribution in [2.24, 2.45) is 5.73 Å². The third-order valence-corrected chi connectivity index (χ3v) is 4.08. The highest BCUT2D eigenvalue weighted by Gasteiger charge is 2.21. The lowest BCUT2D eigenvalue weighted by molar-refractivity contribution is 0.520. The van der Waals surface area contributed by atoms with Crippen molar-refractivity contribution in [3.05, 3.63) is 69.1 Å². The highest BCUT2D eigenvalue weighted by atomic mass is 35.5. The maximum absolute atomic E-state index is 13.1.